The van der Waals surface area contributed by atoms with Crippen LogP contribution in [0.15, 0.2) is 4.79 Å². The molecule has 4 nitrogen and oxygen atoms in total. The molecule has 2 unspecified atom stereocenters. The third-order valence-corrected chi connectivity index (χ3v) is 5.71. The first-order valence-electron chi connectivity index (χ1n) is 6.18. The SMILES string of the molecule is Cc1sc2nc(CSC(C)C(C)O)[nH]c(=O)c2c1C. The summed E-state index contributed by atoms with van der Waals surface area (Å²) in [4.78, 5) is 21.3. The maximum atomic E-state index is 12.1. The first-order chi connectivity index (χ1) is 8.90. The topological polar surface area (TPSA) is 66.0 Å². The quantitative estimate of drug-likeness (QED) is 0.910. The Hall–Kier alpha value is -0.850. The molecule has 0 bridgehead atoms. The van der Waals surface area contributed by atoms with Crippen molar-refractivity contribution in [3.8, 4) is 0 Å². The molecular formula is C13H18N2O2S2. The van der Waals surface area contributed by atoms with Gasteiger partial charge in [0.2, 0.25) is 0 Å². The lowest BCUT2D eigenvalue weighted by Crippen LogP contribution is -2.16. The summed E-state index contributed by atoms with van der Waals surface area (Å²) in [6.07, 6.45) is -0.369. The lowest BCUT2D eigenvalue weighted by atomic mass is 10.2. The Balaban J connectivity index is 2.29. The van der Waals surface area contributed by atoms with Crippen molar-refractivity contribution in [1.82, 2.24) is 9.97 Å². The van der Waals surface area contributed by atoms with E-state index in [0.29, 0.717) is 17.0 Å². The minimum atomic E-state index is -0.369. The average molecular weight is 298 g/mol. The number of aliphatic hydroxyl groups excluding tert-OH is 1. The van der Waals surface area contributed by atoms with E-state index < -0.39 is 0 Å². The summed E-state index contributed by atoms with van der Waals surface area (Å²) in [5, 5.41) is 10.3. The second-order valence-electron chi connectivity index (χ2n) is 4.73. The molecule has 0 aliphatic rings. The maximum Gasteiger partial charge on any atom is 0.259 e. The number of nitrogens with one attached hydrogen (secondary N) is 1. The molecule has 0 aromatic carbocycles. The molecule has 0 aliphatic carbocycles. The van der Waals surface area contributed by atoms with Crippen molar-refractivity contribution in [2.75, 3.05) is 0 Å². The zero-order valence-corrected chi connectivity index (χ0v) is 13.1. The molecule has 6 heteroatoms. The van der Waals surface area contributed by atoms with Gasteiger partial charge in [0.05, 0.1) is 17.2 Å². The van der Waals surface area contributed by atoms with E-state index in [1.165, 1.54) is 0 Å². The lowest BCUT2D eigenvalue weighted by molar-refractivity contribution is 0.196. The predicted octanol–water partition coefficient (Wildman–Crippen LogP) is 2.60. The maximum absolute atomic E-state index is 12.1. The van der Waals surface area contributed by atoms with Crippen LogP contribution in [0.5, 0.6) is 0 Å². The van der Waals surface area contributed by atoms with Crippen molar-refractivity contribution in [2.45, 2.75) is 44.8 Å². The fourth-order valence-electron chi connectivity index (χ4n) is 1.72. The van der Waals surface area contributed by atoms with Gasteiger partial charge < -0.3 is 10.1 Å². The van der Waals surface area contributed by atoms with Crippen molar-refractivity contribution >= 4 is 33.3 Å². The van der Waals surface area contributed by atoms with Gasteiger partial charge in [-0.15, -0.1) is 23.1 Å². The van der Waals surface area contributed by atoms with E-state index in [2.05, 4.69) is 9.97 Å². The molecule has 2 rings (SSSR count). The first-order valence-corrected chi connectivity index (χ1v) is 8.05. The molecule has 2 heterocycles. The van der Waals surface area contributed by atoms with Gasteiger partial charge in [0.15, 0.2) is 0 Å². The van der Waals surface area contributed by atoms with E-state index in [1.807, 2.05) is 20.8 Å². The molecule has 0 amide bonds. The van der Waals surface area contributed by atoms with Crippen molar-refractivity contribution < 1.29 is 5.11 Å². The molecule has 2 atom stereocenters. The first kappa shape index (κ1) is 14.6. The number of nitrogens with zero attached hydrogens (tertiary/aromatic N) is 1. The van der Waals surface area contributed by atoms with E-state index in [9.17, 15) is 9.90 Å². The molecule has 0 saturated heterocycles. The van der Waals surface area contributed by atoms with Gasteiger partial charge in [-0.25, -0.2) is 4.98 Å². The summed E-state index contributed by atoms with van der Waals surface area (Å²) in [6, 6.07) is 0. The van der Waals surface area contributed by atoms with E-state index in [-0.39, 0.29) is 16.9 Å². The number of thiophene rings is 1. The number of aromatic amines is 1. The average Bonchev–Trinajstić information content (AvgIpc) is 2.62. The van der Waals surface area contributed by atoms with Crippen LogP contribution in [0.3, 0.4) is 0 Å². The number of aliphatic hydroxyl groups is 1. The van der Waals surface area contributed by atoms with Gasteiger partial charge in [0, 0.05) is 10.1 Å². The molecule has 2 aromatic rings. The molecule has 2 N–H and O–H groups in total. The standard InChI is InChI=1S/C13H18N2O2S2/c1-6-8(3)19-13-11(6)12(17)14-10(15-13)5-18-9(4)7(2)16/h7,9,16H,5H2,1-4H3,(H,14,15,17). The normalized spacial score (nSPS) is 14.8. The van der Waals surface area contributed by atoms with Crippen LogP contribution < -0.4 is 5.56 Å². The summed E-state index contributed by atoms with van der Waals surface area (Å²) >= 11 is 3.15. The molecule has 0 saturated carbocycles. The Labute approximate surface area is 120 Å². The Morgan fingerprint density at radius 1 is 1.42 bits per heavy atom. The van der Waals surface area contributed by atoms with E-state index in [0.717, 1.165) is 15.3 Å². The third kappa shape index (κ3) is 3.01. The van der Waals surface area contributed by atoms with Crippen LogP contribution in [0.4, 0.5) is 0 Å². The third-order valence-electron chi connectivity index (χ3n) is 3.25. The van der Waals surface area contributed by atoms with E-state index >= 15 is 0 Å². The summed E-state index contributed by atoms with van der Waals surface area (Å²) in [7, 11) is 0. The van der Waals surface area contributed by atoms with E-state index in [4.69, 9.17) is 0 Å². The van der Waals surface area contributed by atoms with Crippen LogP contribution in [-0.2, 0) is 5.75 Å². The summed E-state index contributed by atoms with van der Waals surface area (Å²) in [5.74, 6) is 1.28. The molecule has 0 radical (unpaired) electrons. The highest BCUT2D eigenvalue weighted by atomic mass is 32.2. The number of H-pyrrole nitrogens is 1. The Morgan fingerprint density at radius 2 is 2.11 bits per heavy atom. The molecule has 0 aliphatic heterocycles. The molecule has 104 valence electrons. The number of hydrogen-bond acceptors (Lipinski definition) is 5. The highest BCUT2D eigenvalue weighted by molar-refractivity contribution is 7.99. The van der Waals surface area contributed by atoms with Crippen LogP contribution in [0.25, 0.3) is 10.2 Å². The largest absolute Gasteiger partial charge is 0.392 e. The minimum Gasteiger partial charge on any atom is -0.392 e. The summed E-state index contributed by atoms with van der Waals surface area (Å²) < 4.78 is 0. The smallest absolute Gasteiger partial charge is 0.259 e. The highest BCUT2D eigenvalue weighted by Crippen LogP contribution is 2.26. The van der Waals surface area contributed by atoms with Gasteiger partial charge in [-0.3, -0.25) is 4.79 Å². The number of rotatable bonds is 4. The van der Waals surface area contributed by atoms with Crippen molar-refractivity contribution in [1.29, 1.82) is 0 Å². The monoisotopic (exact) mass is 298 g/mol. The molecular weight excluding hydrogens is 280 g/mol. The van der Waals surface area contributed by atoms with Crippen LogP contribution in [0.1, 0.15) is 30.1 Å². The van der Waals surface area contributed by atoms with Crippen LogP contribution in [-0.4, -0.2) is 26.4 Å². The number of aromatic nitrogens is 2. The van der Waals surface area contributed by atoms with Crippen molar-refractivity contribution in [3.05, 3.63) is 26.6 Å². The molecule has 2 aromatic heterocycles. The van der Waals surface area contributed by atoms with Gasteiger partial charge in [0.1, 0.15) is 10.7 Å². The minimum absolute atomic E-state index is 0.0628. The van der Waals surface area contributed by atoms with Crippen molar-refractivity contribution in [2.24, 2.45) is 0 Å². The number of hydrogen-bond donors (Lipinski definition) is 2. The fourth-order valence-corrected chi connectivity index (χ4v) is 3.60. The van der Waals surface area contributed by atoms with Gasteiger partial charge in [-0.2, -0.15) is 0 Å². The lowest BCUT2D eigenvalue weighted by Gasteiger charge is -2.13. The summed E-state index contributed by atoms with van der Waals surface area (Å²) in [5.41, 5.74) is 0.956. The zero-order valence-electron chi connectivity index (χ0n) is 11.5. The van der Waals surface area contributed by atoms with Crippen molar-refractivity contribution in [3.63, 3.8) is 0 Å². The van der Waals surface area contributed by atoms with E-state index in [1.54, 1.807) is 30.0 Å². The fraction of sp³-hybridized carbons (Fsp3) is 0.538. The zero-order chi connectivity index (χ0) is 14.2. The van der Waals surface area contributed by atoms with Crippen LogP contribution in [0, 0.1) is 13.8 Å². The number of fused-ring (bicyclic) bond motifs is 1. The number of aryl methyl sites for hydroxylation is 2. The molecule has 0 fully saturated rings. The second kappa shape index (κ2) is 5.64. The molecule has 19 heavy (non-hydrogen) atoms. The summed E-state index contributed by atoms with van der Waals surface area (Å²) in [6.45, 7) is 7.69. The second-order valence-corrected chi connectivity index (χ2v) is 7.30. The van der Waals surface area contributed by atoms with Crippen LogP contribution in [0.2, 0.25) is 0 Å². The Morgan fingerprint density at radius 3 is 2.74 bits per heavy atom. The van der Waals surface area contributed by atoms with Gasteiger partial charge in [0.25, 0.3) is 5.56 Å². The molecule has 0 spiro atoms. The van der Waals surface area contributed by atoms with Gasteiger partial charge >= 0.3 is 0 Å². The van der Waals surface area contributed by atoms with Gasteiger partial charge in [-0.05, 0) is 26.3 Å². The van der Waals surface area contributed by atoms with Crippen LogP contribution >= 0.6 is 23.1 Å². The van der Waals surface area contributed by atoms with Gasteiger partial charge in [-0.1, -0.05) is 6.92 Å². The Bertz CT molecular complexity index is 646. The highest BCUT2D eigenvalue weighted by Gasteiger charge is 2.14. The Kier molecular flexibility index (Phi) is 4.32. The predicted molar refractivity (Wildman–Crippen MR) is 82.2 cm³/mol. The number of thioether (sulfide) groups is 1.